The van der Waals surface area contributed by atoms with Crippen LogP contribution < -0.4 is 5.32 Å². The van der Waals surface area contributed by atoms with Crippen LogP contribution in [0, 0.1) is 5.92 Å². The second-order valence-corrected chi connectivity index (χ2v) is 9.38. The molecular formula is C25H29F3N4O3. The van der Waals surface area contributed by atoms with Gasteiger partial charge in [-0.2, -0.15) is 13.2 Å². The molecule has 7 nitrogen and oxygen atoms in total. The van der Waals surface area contributed by atoms with Gasteiger partial charge in [0.15, 0.2) is 0 Å². The fraction of sp³-hybridized carbons (Fsp3) is 0.480. The lowest BCUT2D eigenvalue weighted by molar-refractivity contribution is -0.144. The minimum absolute atomic E-state index is 0.0391. The van der Waals surface area contributed by atoms with Crippen molar-refractivity contribution in [2.45, 2.75) is 44.9 Å². The topological polar surface area (TPSA) is 73.0 Å². The lowest BCUT2D eigenvalue weighted by atomic mass is 9.91. The maximum absolute atomic E-state index is 13.8. The molecule has 0 bridgehead atoms. The molecule has 1 N–H and O–H groups in total. The molecule has 0 aliphatic carbocycles. The van der Waals surface area contributed by atoms with Gasteiger partial charge in [0.2, 0.25) is 5.91 Å². The van der Waals surface area contributed by atoms with Crippen LogP contribution in [-0.2, 0) is 15.8 Å². The number of hydrogen-bond donors (Lipinski definition) is 1. The Bertz CT molecular complexity index is 1080. The Balaban J connectivity index is 1.79. The van der Waals surface area contributed by atoms with Crippen LogP contribution in [0.4, 0.5) is 18.0 Å². The zero-order valence-electron chi connectivity index (χ0n) is 19.8. The van der Waals surface area contributed by atoms with Gasteiger partial charge in [-0.1, -0.05) is 38.1 Å². The Morgan fingerprint density at radius 1 is 1.20 bits per heavy atom. The molecule has 35 heavy (non-hydrogen) atoms. The van der Waals surface area contributed by atoms with Crippen molar-refractivity contribution in [2.24, 2.45) is 5.92 Å². The van der Waals surface area contributed by atoms with Crippen LogP contribution in [-0.4, -0.2) is 64.8 Å². The van der Waals surface area contributed by atoms with Crippen molar-refractivity contribution in [3.63, 3.8) is 0 Å². The third kappa shape index (κ3) is 4.41. The van der Waals surface area contributed by atoms with E-state index in [2.05, 4.69) is 11.9 Å². The minimum atomic E-state index is -4.67. The molecule has 3 aliphatic heterocycles. The van der Waals surface area contributed by atoms with E-state index < -0.39 is 35.8 Å². The van der Waals surface area contributed by atoms with Gasteiger partial charge in [-0.25, -0.2) is 4.79 Å². The van der Waals surface area contributed by atoms with Crippen LogP contribution in [0.25, 0.3) is 0 Å². The molecule has 0 unspecified atom stereocenters. The highest BCUT2D eigenvalue weighted by atomic mass is 19.4. The number of likely N-dealkylation sites (tertiary alicyclic amines) is 1. The first-order valence-electron chi connectivity index (χ1n) is 11.7. The molecule has 4 amide bonds. The van der Waals surface area contributed by atoms with Crippen molar-refractivity contribution < 1.29 is 27.6 Å². The molecular weight excluding hydrogens is 461 g/mol. The standard InChI is InChI=1S/C25H29F3N4O3/c1-4-11-31-18-14-32(21(15(2)3)23(34)30-12-7-8-13-30)22(33)19(18)20(29-24(31)35)16-9-5-6-10-17(16)25(26,27)28/h4-6,9-10,15,20-21H,1,7-8,11-14H2,2-3H3,(H,29,35)/t20-,21+/m0/s1. The summed E-state index contributed by atoms with van der Waals surface area (Å²) in [5.74, 6) is -0.944. The number of nitrogens with one attached hydrogen (secondary N) is 1. The molecule has 3 aliphatic rings. The van der Waals surface area contributed by atoms with E-state index in [0.29, 0.717) is 18.8 Å². The van der Waals surface area contributed by atoms with Crippen molar-refractivity contribution >= 4 is 17.8 Å². The highest BCUT2D eigenvalue weighted by molar-refractivity contribution is 6.03. The first-order chi connectivity index (χ1) is 16.6. The highest BCUT2D eigenvalue weighted by Crippen LogP contribution is 2.42. The van der Waals surface area contributed by atoms with Crippen LogP contribution in [0.1, 0.15) is 43.9 Å². The van der Waals surface area contributed by atoms with E-state index in [1.807, 2.05) is 13.8 Å². The fourth-order valence-electron chi connectivity index (χ4n) is 5.20. The smallest absolute Gasteiger partial charge is 0.341 e. The van der Waals surface area contributed by atoms with Crippen molar-refractivity contribution in [1.82, 2.24) is 20.0 Å². The van der Waals surface area contributed by atoms with Gasteiger partial charge in [-0.3, -0.25) is 14.5 Å². The van der Waals surface area contributed by atoms with E-state index in [1.54, 1.807) is 4.90 Å². The summed E-state index contributed by atoms with van der Waals surface area (Å²) >= 11 is 0. The summed E-state index contributed by atoms with van der Waals surface area (Å²) in [4.78, 5) is 44.6. The van der Waals surface area contributed by atoms with Crippen LogP contribution >= 0.6 is 0 Å². The van der Waals surface area contributed by atoms with Crippen molar-refractivity contribution in [1.29, 1.82) is 0 Å². The molecule has 10 heteroatoms. The Labute approximate surface area is 202 Å². The first kappa shape index (κ1) is 24.8. The lowest BCUT2D eigenvalue weighted by Crippen LogP contribution is -2.52. The summed E-state index contributed by atoms with van der Waals surface area (Å²) < 4.78 is 41.5. The van der Waals surface area contributed by atoms with E-state index >= 15 is 0 Å². The zero-order chi connectivity index (χ0) is 25.5. The molecule has 3 heterocycles. The van der Waals surface area contributed by atoms with Crippen LogP contribution in [0.5, 0.6) is 0 Å². The normalized spacial score (nSPS) is 21.5. The maximum atomic E-state index is 13.8. The Hall–Kier alpha value is -3.30. The van der Waals surface area contributed by atoms with Gasteiger partial charge < -0.3 is 15.1 Å². The van der Waals surface area contributed by atoms with Gasteiger partial charge in [-0.15, -0.1) is 6.58 Å². The third-order valence-corrected chi connectivity index (χ3v) is 6.78. The number of amides is 4. The van der Waals surface area contributed by atoms with Crippen molar-refractivity contribution in [2.75, 3.05) is 26.2 Å². The number of halogens is 3. The molecule has 1 aromatic rings. The highest BCUT2D eigenvalue weighted by Gasteiger charge is 2.49. The van der Waals surface area contributed by atoms with Gasteiger partial charge in [0.1, 0.15) is 6.04 Å². The number of carbonyl (C=O) groups excluding carboxylic acids is 3. The fourth-order valence-corrected chi connectivity index (χ4v) is 5.20. The number of urea groups is 1. The molecule has 1 aromatic carbocycles. The summed E-state index contributed by atoms with van der Waals surface area (Å²) in [5, 5.41) is 2.59. The second-order valence-electron chi connectivity index (χ2n) is 9.38. The summed E-state index contributed by atoms with van der Waals surface area (Å²) in [6.45, 7) is 8.59. The van der Waals surface area contributed by atoms with Crippen molar-refractivity contribution in [3.8, 4) is 0 Å². The van der Waals surface area contributed by atoms with Gasteiger partial charge in [0, 0.05) is 19.6 Å². The summed E-state index contributed by atoms with van der Waals surface area (Å²) in [6, 6.07) is 2.22. The number of rotatable bonds is 6. The van der Waals surface area contributed by atoms with Gasteiger partial charge in [0.25, 0.3) is 5.91 Å². The summed E-state index contributed by atoms with van der Waals surface area (Å²) in [5.41, 5.74) is -0.765. The van der Waals surface area contributed by atoms with E-state index in [1.165, 1.54) is 34.1 Å². The molecule has 0 aromatic heterocycles. The van der Waals surface area contributed by atoms with E-state index in [4.69, 9.17) is 0 Å². The number of benzene rings is 1. The molecule has 0 radical (unpaired) electrons. The average molecular weight is 491 g/mol. The third-order valence-electron chi connectivity index (χ3n) is 6.78. The van der Waals surface area contributed by atoms with E-state index in [-0.39, 0.29) is 36.1 Å². The molecule has 2 atom stereocenters. The molecule has 0 spiro atoms. The first-order valence-corrected chi connectivity index (χ1v) is 11.7. The maximum Gasteiger partial charge on any atom is 0.416 e. The van der Waals surface area contributed by atoms with Crippen LogP contribution in [0.3, 0.4) is 0 Å². The van der Waals surface area contributed by atoms with E-state index in [0.717, 1.165) is 18.9 Å². The molecule has 188 valence electrons. The predicted molar refractivity (Wildman–Crippen MR) is 123 cm³/mol. The van der Waals surface area contributed by atoms with Gasteiger partial charge in [-0.05, 0) is 30.4 Å². The largest absolute Gasteiger partial charge is 0.416 e. The predicted octanol–water partition coefficient (Wildman–Crippen LogP) is 3.70. The lowest BCUT2D eigenvalue weighted by Gasteiger charge is -2.34. The van der Waals surface area contributed by atoms with Crippen LogP contribution in [0.2, 0.25) is 0 Å². The van der Waals surface area contributed by atoms with Crippen LogP contribution in [0.15, 0.2) is 48.2 Å². The number of alkyl halides is 3. The Morgan fingerprint density at radius 3 is 2.46 bits per heavy atom. The Morgan fingerprint density at radius 2 is 1.86 bits per heavy atom. The SMILES string of the molecule is C=CCN1C(=O)N[C@@H](c2ccccc2C(F)(F)F)C2=C1CN([C@@H](C(=O)N1CCCC1)C(C)C)C2=O. The Kier molecular flexibility index (Phi) is 6.66. The minimum Gasteiger partial charge on any atom is -0.341 e. The van der Waals surface area contributed by atoms with Crippen molar-refractivity contribution in [3.05, 3.63) is 59.3 Å². The molecule has 4 rings (SSSR count). The van der Waals surface area contributed by atoms with Gasteiger partial charge in [0.05, 0.1) is 29.4 Å². The molecule has 0 saturated carbocycles. The molecule has 1 fully saturated rings. The summed E-state index contributed by atoms with van der Waals surface area (Å²) in [7, 11) is 0. The molecule has 1 saturated heterocycles. The zero-order valence-corrected chi connectivity index (χ0v) is 19.8. The number of nitrogens with zero attached hydrogens (tertiary/aromatic N) is 3. The number of hydrogen-bond acceptors (Lipinski definition) is 3. The monoisotopic (exact) mass is 490 g/mol. The van der Waals surface area contributed by atoms with Gasteiger partial charge >= 0.3 is 12.2 Å². The second kappa shape index (κ2) is 9.39. The quantitative estimate of drug-likeness (QED) is 0.618. The van der Waals surface area contributed by atoms with E-state index in [9.17, 15) is 27.6 Å². The average Bonchev–Trinajstić information content (AvgIpc) is 3.44. The number of carbonyl (C=O) groups is 3. The summed E-state index contributed by atoms with van der Waals surface area (Å²) in [6.07, 6.45) is -1.41.